The van der Waals surface area contributed by atoms with E-state index in [9.17, 15) is 4.79 Å². The molecule has 0 amide bonds. The number of carbonyl (C=O) groups is 1. The molecular formula is C19H38O2Sn. The molecule has 0 bridgehead atoms. The van der Waals surface area contributed by atoms with E-state index in [0.717, 1.165) is 6.42 Å². The second-order valence-electron chi connectivity index (χ2n) is 6.28. The zero-order valence-electron chi connectivity index (χ0n) is 15.1. The molecule has 0 aliphatic rings. The van der Waals surface area contributed by atoms with Gasteiger partial charge in [0, 0.05) is 30.3 Å². The number of carbonyl (C=O) groups excluding carboxylic acids is 1. The Labute approximate surface area is 156 Å². The first kappa shape index (κ1) is 24.5. The first-order chi connectivity index (χ1) is 10.3. The van der Waals surface area contributed by atoms with E-state index < -0.39 is 0 Å². The van der Waals surface area contributed by atoms with Crippen LogP contribution >= 0.6 is 0 Å². The Hall–Kier alpha value is 0.269. The Kier molecular flexibility index (Phi) is 23.7. The summed E-state index contributed by atoms with van der Waals surface area (Å²) < 4.78 is 4.63. The van der Waals surface area contributed by atoms with Gasteiger partial charge in [-0.2, -0.15) is 0 Å². The third-order valence-electron chi connectivity index (χ3n) is 4.21. The van der Waals surface area contributed by atoms with E-state index in [2.05, 4.69) is 11.7 Å². The maximum Gasteiger partial charge on any atom is 0.305 e. The van der Waals surface area contributed by atoms with Gasteiger partial charge in [-0.05, 0) is 6.42 Å². The van der Waals surface area contributed by atoms with Crippen molar-refractivity contribution in [3.8, 4) is 0 Å². The SMILES string of the molecule is CCCCCCCCCCCCCCCCCC(=O)OC.[Sn]. The molecule has 0 aliphatic carbocycles. The van der Waals surface area contributed by atoms with Crippen molar-refractivity contribution in [1.82, 2.24) is 0 Å². The fourth-order valence-corrected chi connectivity index (χ4v) is 2.74. The number of hydrogen-bond acceptors (Lipinski definition) is 2. The van der Waals surface area contributed by atoms with Gasteiger partial charge in [0.2, 0.25) is 0 Å². The minimum absolute atomic E-state index is 0. The predicted octanol–water partition coefficient (Wildman–Crippen LogP) is 6.04. The Morgan fingerprint density at radius 3 is 1.27 bits per heavy atom. The van der Waals surface area contributed by atoms with Crippen molar-refractivity contribution < 1.29 is 9.53 Å². The average Bonchev–Trinajstić information content (AvgIpc) is 2.50. The second-order valence-corrected chi connectivity index (χ2v) is 6.28. The van der Waals surface area contributed by atoms with E-state index in [4.69, 9.17) is 0 Å². The first-order valence-electron chi connectivity index (χ1n) is 9.38. The molecule has 0 heterocycles. The van der Waals surface area contributed by atoms with Crippen molar-refractivity contribution >= 4 is 29.9 Å². The van der Waals surface area contributed by atoms with Crippen molar-refractivity contribution in [1.29, 1.82) is 0 Å². The number of hydrogen-bond donors (Lipinski definition) is 0. The zero-order valence-corrected chi connectivity index (χ0v) is 18.0. The van der Waals surface area contributed by atoms with Crippen molar-refractivity contribution in [3.63, 3.8) is 0 Å². The molecule has 2 nitrogen and oxygen atoms in total. The minimum atomic E-state index is -0.0651. The molecule has 3 heteroatoms. The second kappa shape index (κ2) is 21.3. The van der Waals surface area contributed by atoms with Crippen molar-refractivity contribution in [3.05, 3.63) is 0 Å². The topological polar surface area (TPSA) is 26.3 Å². The quantitative estimate of drug-likeness (QED) is 0.174. The summed E-state index contributed by atoms with van der Waals surface area (Å²) in [4.78, 5) is 10.9. The minimum Gasteiger partial charge on any atom is -0.469 e. The van der Waals surface area contributed by atoms with Gasteiger partial charge in [0.1, 0.15) is 0 Å². The van der Waals surface area contributed by atoms with Gasteiger partial charge < -0.3 is 4.74 Å². The van der Waals surface area contributed by atoms with Crippen LogP contribution in [0.4, 0.5) is 0 Å². The van der Waals surface area contributed by atoms with Crippen LogP contribution in [0.2, 0.25) is 0 Å². The average molecular weight is 417 g/mol. The molecule has 130 valence electrons. The van der Waals surface area contributed by atoms with Crippen LogP contribution < -0.4 is 0 Å². The Balaban J connectivity index is 0. The standard InChI is InChI=1S/C19H38O2.Sn/c1-3-4-5-6-7-8-9-10-11-12-13-14-15-16-17-18-19(20)21-2;/h3-18H2,1-2H3;. The number of esters is 1. The van der Waals surface area contributed by atoms with E-state index in [-0.39, 0.29) is 29.9 Å². The summed E-state index contributed by atoms with van der Waals surface area (Å²) in [6.45, 7) is 2.28. The van der Waals surface area contributed by atoms with Gasteiger partial charge in [-0.3, -0.25) is 4.79 Å². The summed E-state index contributed by atoms with van der Waals surface area (Å²) in [7, 11) is 1.47. The molecule has 22 heavy (non-hydrogen) atoms. The van der Waals surface area contributed by atoms with E-state index in [1.165, 1.54) is 97.0 Å². The Bertz CT molecular complexity index is 219. The van der Waals surface area contributed by atoms with E-state index in [1.54, 1.807) is 0 Å². The first-order valence-corrected chi connectivity index (χ1v) is 9.38. The van der Waals surface area contributed by atoms with Crippen LogP contribution in [0.5, 0.6) is 0 Å². The van der Waals surface area contributed by atoms with Crippen LogP contribution in [0.25, 0.3) is 0 Å². The summed E-state index contributed by atoms with van der Waals surface area (Å²) >= 11 is 0. The third-order valence-corrected chi connectivity index (χ3v) is 4.21. The molecule has 0 rings (SSSR count). The molecule has 0 saturated carbocycles. The fraction of sp³-hybridized carbons (Fsp3) is 0.947. The molecule has 0 aromatic rings. The predicted molar refractivity (Wildman–Crippen MR) is 97.3 cm³/mol. The molecule has 0 unspecified atom stereocenters. The van der Waals surface area contributed by atoms with Gasteiger partial charge in [-0.1, -0.05) is 96.8 Å². The molecule has 4 radical (unpaired) electrons. The smallest absolute Gasteiger partial charge is 0.305 e. The van der Waals surface area contributed by atoms with Crippen LogP contribution in [0.15, 0.2) is 0 Å². The molecule has 0 aromatic carbocycles. The van der Waals surface area contributed by atoms with E-state index in [1.807, 2.05) is 0 Å². The summed E-state index contributed by atoms with van der Waals surface area (Å²) in [5, 5.41) is 0. The fourth-order valence-electron chi connectivity index (χ4n) is 2.74. The van der Waals surface area contributed by atoms with Crippen LogP contribution in [0, 0.1) is 0 Å². The van der Waals surface area contributed by atoms with Crippen molar-refractivity contribution in [2.45, 2.75) is 110 Å². The third kappa shape index (κ3) is 20.3. The van der Waals surface area contributed by atoms with Gasteiger partial charge in [-0.25, -0.2) is 0 Å². The normalized spacial score (nSPS) is 10.3. The molecule has 0 fully saturated rings. The van der Waals surface area contributed by atoms with Gasteiger partial charge >= 0.3 is 5.97 Å². The largest absolute Gasteiger partial charge is 0.469 e. The number of methoxy groups -OCH3 is 1. The van der Waals surface area contributed by atoms with Crippen LogP contribution in [0.1, 0.15) is 110 Å². The van der Waals surface area contributed by atoms with Crippen LogP contribution in [0.3, 0.4) is 0 Å². The molecule has 0 saturated heterocycles. The molecule has 0 atom stereocenters. The van der Waals surface area contributed by atoms with Gasteiger partial charge in [0.05, 0.1) is 7.11 Å². The van der Waals surface area contributed by atoms with Gasteiger partial charge in [0.15, 0.2) is 0 Å². The maximum absolute atomic E-state index is 10.9. The molecular weight excluding hydrogens is 379 g/mol. The summed E-state index contributed by atoms with van der Waals surface area (Å²) in [6, 6.07) is 0. The molecule has 0 spiro atoms. The number of rotatable bonds is 16. The number of unbranched alkanes of at least 4 members (excludes halogenated alkanes) is 14. The Morgan fingerprint density at radius 1 is 0.636 bits per heavy atom. The summed E-state index contributed by atoms with van der Waals surface area (Å²) in [5.41, 5.74) is 0. The van der Waals surface area contributed by atoms with Crippen molar-refractivity contribution in [2.75, 3.05) is 7.11 Å². The van der Waals surface area contributed by atoms with Crippen LogP contribution in [-0.4, -0.2) is 37.0 Å². The van der Waals surface area contributed by atoms with Gasteiger partial charge in [0.25, 0.3) is 0 Å². The molecule has 0 aromatic heterocycles. The maximum atomic E-state index is 10.9. The van der Waals surface area contributed by atoms with E-state index >= 15 is 0 Å². The van der Waals surface area contributed by atoms with Gasteiger partial charge in [-0.15, -0.1) is 0 Å². The van der Waals surface area contributed by atoms with Crippen LogP contribution in [-0.2, 0) is 9.53 Å². The van der Waals surface area contributed by atoms with E-state index in [0.29, 0.717) is 6.42 Å². The number of ether oxygens (including phenoxy) is 1. The summed E-state index contributed by atoms with van der Waals surface area (Å²) in [5.74, 6) is -0.0651. The van der Waals surface area contributed by atoms with Crippen molar-refractivity contribution in [2.24, 2.45) is 0 Å². The molecule has 0 N–H and O–H groups in total. The Morgan fingerprint density at radius 2 is 0.955 bits per heavy atom. The summed E-state index contributed by atoms with van der Waals surface area (Å²) in [6.07, 6.45) is 20.9. The zero-order chi connectivity index (χ0) is 15.6. The molecule has 0 aliphatic heterocycles. The monoisotopic (exact) mass is 418 g/mol.